The summed E-state index contributed by atoms with van der Waals surface area (Å²) in [4.78, 5) is 12.8. The van der Waals surface area contributed by atoms with Gasteiger partial charge in [-0.25, -0.2) is 4.79 Å². The summed E-state index contributed by atoms with van der Waals surface area (Å²) < 4.78 is 14.4. The van der Waals surface area contributed by atoms with Gasteiger partial charge in [-0.05, 0) is 48.0 Å². The molecule has 0 radical (unpaired) electrons. The van der Waals surface area contributed by atoms with Crippen LogP contribution in [-0.2, 0) is 0 Å². The number of rotatable bonds is 2. The highest BCUT2D eigenvalue weighted by molar-refractivity contribution is 6.24. The Bertz CT molecular complexity index is 2550. The van der Waals surface area contributed by atoms with E-state index in [0.717, 1.165) is 71.3 Å². The van der Waals surface area contributed by atoms with Gasteiger partial charge < -0.3 is 13.4 Å². The van der Waals surface area contributed by atoms with E-state index in [1.165, 1.54) is 0 Å². The molecule has 3 heterocycles. The largest absolute Gasteiger partial charge is 0.455 e. The molecule has 4 heteroatoms. The molecule has 4 nitrogen and oxygen atoms in total. The molecule has 0 saturated carbocycles. The predicted octanol–water partition coefficient (Wildman–Crippen LogP) is 9.61. The van der Waals surface area contributed by atoms with Crippen LogP contribution in [0.15, 0.2) is 141 Å². The molecule has 0 saturated heterocycles. The molecular weight excluding hydrogens is 506 g/mol. The first-order valence-electron chi connectivity index (χ1n) is 13.6. The number of hydrogen-bond donors (Lipinski definition) is 0. The van der Waals surface area contributed by atoms with Gasteiger partial charge >= 0.3 is 5.63 Å². The average molecular weight is 528 g/mol. The monoisotopic (exact) mass is 527 g/mol. The molecule has 0 atom stereocenters. The Balaban J connectivity index is 1.33. The third kappa shape index (κ3) is 3.07. The van der Waals surface area contributed by atoms with Crippen LogP contribution in [0.4, 0.5) is 0 Å². The highest BCUT2D eigenvalue weighted by Gasteiger charge is 2.19. The third-order valence-corrected chi connectivity index (χ3v) is 8.26. The maximum Gasteiger partial charge on any atom is 0.344 e. The lowest BCUT2D eigenvalue weighted by molar-refractivity contribution is 0.570. The van der Waals surface area contributed by atoms with Gasteiger partial charge in [0, 0.05) is 38.2 Å². The molecule has 41 heavy (non-hydrogen) atoms. The van der Waals surface area contributed by atoms with Crippen molar-refractivity contribution in [3.63, 3.8) is 0 Å². The average Bonchev–Trinajstić information content (AvgIpc) is 3.57. The molecular formula is C37H21NO3. The summed E-state index contributed by atoms with van der Waals surface area (Å²) in [6.45, 7) is 0. The van der Waals surface area contributed by atoms with Gasteiger partial charge in [0.25, 0.3) is 0 Å². The SMILES string of the molecule is O=c1oc2ccc3c4ccccc4n(-c4ccc(-c5cccc6c5oc5ccccc56)cc4)c3c2c2ccccc12. The molecule has 0 unspecified atom stereocenters. The quantitative estimate of drug-likeness (QED) is 0.166. The summed E-state index contributed by atoms with van der Waals surface area (Å²) >= 11 is 0. The number of fused-ring (bicyclic) bond motifs is 10. The summed E-state index contributed by atoms with van der Waals surface area (Å²) in [6, 6.07) is 43.2. The number of aromatic nitrogens is 1. The zero-order valence-electron chi connectivity index (χ0n) is 21.8. The highest BCUT2D eigenvalue weighted by atomic mass is 16.4. The molecule has 0 amide bonds. The minimum absolute atomic E-state index is 0.320. The fourth-order valence-electron chi connectivity index (χ4n) is 6.45. The first-order valence-corrected chi connectivity index (χ1v) is 13.6. The minimum Gasteiger partial charge on any atom is -0.455 e. The van der Waals surface area contributed by atoms with Crippen LogP contribution in [0.5, 0.6) is 0 Å². The number of benzene rings is 6. The van der Waals surface area contributed by atoms with Gasteiger partial charge in [-0.3, -0.25) is 0 Å². The second kappa shape index (κ2) is 8.20. The number of furan rings is 1. The summed E-state index contributed by atoms with van der Waals surface area (Å²) in [6.07, 6.45) is 0. The maximum absolute atomic E-state index is 12.8. The Kier molecular flexibility index (Phi) is 4.44. The molecule has 0 fully saturated rings. The summed E-state index contributed by atoms with van der Waals surface area (Å²) in [5.41, 5.74) is 7.34. The third-order valence-electron chi connectivity index (χ3n) is 8.26. The van der Waals surface area contributed by atoms with Crippen molar-refractivity contribution in [2.75, 3.05) is 0 Å². The topological polar surface area (TPSA) is 48.3 Å². The van der Waals surface area contributed by atoms with Crippen molar-refractivity contribution in [3.05, 3.63) is 138 Å². The number of nitrogens with zero attached hydrogens (tertiary/aromatic N) is 1. The first-order chi connectivity index (χ1) is 20.3. The van der Waals surface area contributed by atoms with E-state index in [1.54, 1.807) is 0 Å². The van der Waals surface area contributed by atoms with E-state index >= 15 is 0 Å². The van der Waals surface area contributed by atoms with Crippen LogP contribution in [-0.4, -0.2) is 4.57 Å². The van der Waals surface area contributed by atoms with E-state index in [-0.39, 0.29) is 5.63 Å². The molecule has 0 bridgehead atoms. The van der Waals surface area contributed by atoms with Gasteiger partial charge in [0.2, 0.25) is 0 Å². The van der Waals surface area contributed by atoms with E-state index in [4.69, 9.17) is 8.83 Å². The minimum atomic E-state index is -0.320. The number of para-hydroxylation sites is 3. The highest BCUT2D eigenvalue weighted by Crippen LogP contribution is 2.40. The molecule has 0 N–H and O–H groups in total. The van der Waals surface area contributed by atoms with Crippen molar-refractivity contribution in [3.8, 4) is 16.8 Å². The fraction of sp³-hybridized carbons (Fsp3) is 0. The molecule has 0 aliphatic heterocycles. The smallest absolute Gasteiger partial charge is 0.344 e. The molecule has 3 aromatic heterocycles. The van der Waals surface area contributed by atoms with E-state index in [2.05, 4.69) is 83.4 Å². The van der Waals surface area contributed by atoms with Crippen LogP contribution in [0.1, 0.15) is 0 Å². The lowest BCUT2D eigenvalue weighted by Crippen LogP contribution is -2.01. The van der Waals surface area contributed by atoms with E-state index < -0.39 is 0 Å². The Morgan fingerprint density at radius 3 is 2.05 bits per heavy atom. The molecule has 9 rings (SSSR count). The van der Waals surface area contributed by atoms with Crippen LogP contribution in [0.25, 0.3) is 82.3 Å². The van der Waals surface area contributed by atoms with Gasteiger partial charge in [0.1, 0.15) is 16.7 Å². The Hall–Kier alpha value is -5.61. The van der Waals surface area contributed by atoms with Crippen LogP contribution in [0.2, 0.25) is 0 Å². The van der Waals surface area contributed by atoms with Crippen molar-refractivity contribution >= 4 is 65.5 Å². The molecule has 9 aromatic rings. The zero-order valence-corrected chi connectivity index (χ0v) is 21.8. The maximum atomic E-state index is 12.8. The fourth-order valence-corrected chi connectivity index (χ4v) is 6.45. The standard InChI is InChI=1S/C37H21NO3/c39-37-30-11-2-1-10-27(30)34-33(41-37)21-20-28-25-8-3-5-14-31(25)38(35(28)34)23-18-16-22(17-19-23)24-12-7-13-29-26-9-4-6-15-32(26)40-36(24)29/h1-21H. The van der Waals surface area contributed by atoms with Crippen LogP contribution >= 0.6 is 0 Å². The van der Waals surface area contributed by atoms with E-state index in [1.807, 2.05) is 48.5 Å². The lowest BCUT2D eigenvalue weighted by atomic mass is 10.0. The van der Waals surface area contributed by atoms with Gasteiger partial charge in [-0.2, -0.15) is 0 Å². The van der Waals surface area contributed by atoms with Crippen LogP contribution < -0.4 is 5.63 Å². The van der Waals surface area contributed by atoms with Gasteiger partial charge in [0.05, 0.1) is 21.8 Å². The molecule has 0 spiro atoms. The first kappa shape index (κ1) is 22.2. The van der Waals surface area contributed by atoms with Crippen LogP contribution in [0, 0.1) is 0 Å². The van der Waals surface area contributed by atoms with E-state index in [9.17, 15) is 4.79 Å². The Morgan fingerprint density at radius 1 is 0.488 bits per heavy atom. The second-order valence-electron chi connectivity index (χ2n) is 10.4. The molecule has 6 aromatic carbocycles. The van der Waals surface area contributed by atoms with Crippen molar-refractivity contribution in [1.29, 1.82) is 0 Å². The normalized spacial score (nSPS) is 12.0. The summed E-state index contributed by atoms with van der Waals surface area (Å²) in [5.74, 6) is 0. The zero-order chi connectivity index (χ0) is 27.1. The summed E-state index contributed by atoms with van der Waals surface area (Å²) in [5, 5.41) is 6.91. The van der Waals surface area contributed by atoms with Crippen LogP contribution in [0.3, 0.4) is 0 Å². The van der Waals surface area contributed by atoms with Gasteiger partial charge in [-0.15, -0.1) is 0 Å². The Morgan fingerprint density at radius 2 is 1.20 bits per heavy atom. The number of hydrogen-bond acceptors (Lipinski definition) is 3. The second-order valence-corrected chi connectivity index (χ2v) is 10.4. The van der Waals surface area contributed by atoms with Crippen molar-refractivity contribution in [2.24, 2.45) is 0 Å². The van der Waals surface area contributed by atoms with Crippen molar-refractivity contribution in [1.82, 2.24) is 4.57 Å². The molecule has 192 valence electrons. The van der Waals surface area contributed by atoms with E-state index in [0.29, 0.717) is 11.0 Å². The summed E-state index contributed by atoms with van der Waals surface area (Å²) in [7, 11) is 0. The van der Waals surface area contributed by atoms with Gasteiger partial charge in [0.15, 0.2) is 0 Å². The van der Waals surface area contributed by atoms with Gasteiger partial charge in [-0.1, -0.05) is 84.9 Å². The van der Waals surface area contributed by atoms with Crippen molar-refractivity contribution in [2.45, 2.75) is 0 Å². The lowest BCUT2D eigenvalue weighted by Gasteiger charge is -2.12. The predicted molar refractivity (Wildman–Crippen MR) is 167 cm³/mol. The Labute approximate surface area is 233 Å². The molecule has 0 aliphatic rings. The molecule has 0 aliphatic carbocycles. The van der Waals surface area contributed by atoms with Crippen molar-refractivity contribution < 1.29 is 8.83 Å².